The molecule has 24 nitrogen and oxygen atoms in total. The van der Waals surface area contributed by atoms with Gasteiger partial charge in [0.2, 0.25) is 41.2 Å². The maximum absolute atomic E-state index is 14.3. The van der Waals surface area contributed by atoms with E-state index < -0.39 is 158 Å². The molecule has 0 aliphatic carbocycles. The molecule has 342 valence electrons. The van der Waals surface area contributed by atoms with Gasteiger partial charge in [0, 0.05) is 32.7 Å². The molecule has 0 saturated carbocycles. The minimum absolute atomic E-state index is 0.0564. The van der Waals surface area contributed by atoms with Crippen LogP contribution in [0.1, 0.15) is 86.5 Å². The number of carbonyl (C=O) groups excluding carboxylic acids is 8. The molecule has 0 radical (unpaired) electrons. The quantitative estimate of drug-likeness (QED) is 0.0370. The number of carboxylic acid groups (broad SMARTS) is 4. The van der Waals surface area contributed by atoms with Crippen molar-refractivity contribution in [1.82, 2.24) is 36.8 Å². The second-order valence-corrected chi connectivity index (χ2v) is 15.0. The van der Waals surface area contributed by atoms with Gasteiger partial charge in [-0.3, -0.25) is 52.7 Å². The largest absolute Gasteiger partial charge is 0.481 e. The van der Waals surface area contributed by atoms with E-state index in [9.17, 15) is 67.7 Å². The Labute approximate surface area is 350 Å². The first-order chi connectivity index (χ1) is 28.4. The van der Waals surface area contributed by atoms with Gasteiger partial charge in [0.15, 0.2) is 0 Å². The fraction of sp³-hybridized carbons (Fsp3) is 0.676. The minimum Gasteiger partial charge on any atom is -0.481 e. The summed E-state index contributed by atoms with van der Waals surface area (Å²) in [6.45, 7) is 6.86. The Hall–Kier alpha value is -6.20. The van der Waals surface area contributed by atoms with Crippen LogP contribution in [0.2, 0.25) is 0 Å². The molecule has 1 saturated heterocycles. The van der Waals surface area contributed by atoms with E-state index in [4.69, 9.17) is 14.9 Å². The van der Waals surface area contributed by atoms with Gasteiger partial charge in [-0.25, -0.2) is 4.79 Å². The lowest BCUT2D eigenvalue weighted by molar-refractivity contribution is -0.145. The Morgan fingerprint density at radius 2 is 1.16 bits per heavy atom. The van der Waals surface area contributed by atoms with Gasteiger partial charge in [0.05, 0.1) is 12.1 Å². The summed E-state index contributed by atoms with van der Waals surface area (Å²) in [4.78, 5) is 151. The number of carboxylic acids is 4. The van der Waals surface area contributed by atoms with Crippen LogP contribution in [-0.4, -0.2) is 158 Å². The van der Waals surface area contributed by atoms with Crippen molar-refractivity contribution in [3.63, 3.8) is 0 Å². The van der Waals surface area contributed by atoms with Crippen LogP contribution in [0, 0.1) is 11.8 Å². The lowest BCUT2D eigenvalue weighted by Crippen LogP contribution is -2.61. The lowest BCUT2D eigenvalue weighted by Gasteiger charge is -2.33. The van der Waals surface area contributed by atoms with E-state index in [2.05, 4.69) is 26.6 Å². The zero-order chi connectivity index (χ0) is 46.7. The van der Waals surface area contributed by atoms with Gasteiger partial charge < -0.3 is 62.0 Å². The number of hydrogen-bond acceptors (Lipinski definition) is 13. The third-order valence-corrected chi connectivity index (χ3v) is 9.22. The van der Waals surface area contributed by atoms with Crippen molar-refractivity contribution in [2.24, 2.45) is 11.8 Å². The Kier molecular flexibility index (Phi) is 22.0. The number of hydrogen-bond donors (Lipinski definition) is 10. The van der Waals surface area contributed by atoms with E-state index in [1.165, 1.54) is 13.8 Å². The Bertz CT molecular complexity index is 1670. The van der Waals surface area contributed by atoms with Crippen LogP contribution < -0.4 is 31.9 Å². The molecule has 7 amide bonds. The molecule has 1 rings (SSSR count). The van der Waals surface area contributed by atoms with Crippen molar-refractivity contribution in [3.8, 4) is 0 Å². The van der Waals surface area contributed by atoms with Crippen LogP contribution >= 0.6 is 0 Å². The normalized spacial score (nSPS) is 17.1. The maximum Gasteiger partial charge on any atom is 0.329 e. The highest BCUT2D eigenvalue weighted by atomic mass is 16.5. The molecule has 1 heterocycles. The fourth-order valence-corrected chi connectivity index (χ4v) is 6.14. The third kappa shape index (κ3) is 18.3. The lowest BCUT2D eigenvalue weighted by atomic mass is 9.98. The molecule has 24 heteroatoms. The van der Waals surface area contributed by atoms with Gasteiger partial charge in [0.25, 0.3) is 5.91 Å². The zero-order valence-corrected chi connectivity index (χ0v) is 34.8. The summed E-state index contributed by atoms with van der Waals surface area (Å²) in [6.07, 6.45) is -3.09. The summed E-state index contributed by atoms with van der Waals surface area (Å²) in [5, 5.41) is 50.4. The highest BCUT2D eigenvalue weighted by Crippen LogP contribution is 2.24. The predicted octanol–water partition coefficient (Wildman–Crippen LogP) is -2.89. The first kappa shape index (κ1) is 52.8. The highest BCUT2D eigenvalue weighted by Gasteiger charge is 2.45. The number of Topliss-reactive ketones (excluding diaryl/α,β-unsaturated/α-hetero) is 1. The smallest absolute Gasteiger partial charge is 0.329 e. The maximum atomic E-state index is 14.3. The summed E-state index contributed by atoms with van der Waals surface area (Å²) < 4.78 is 5.39. The van der Waals surface area contributed by atoms with E-state index in [0.29, 0.717) is 0 Å². The molecule has 0 bridgehead atoms. The molecule has 10 N–H and O–H groups in total. The second-order valence-electron chi connectivity index (χ2n) is 15.0. The fourth-order valence-electron chi connectivity index (χ4n) is 6.14. The molecule has 7 atom stereocenters. The minimum atomic E-state index is -1.60. The molecular formula is C37H57N7O17. The summed E-state index contributed by atoms with van der Waals surface area (Å²) in [7, 11) is 0. The first-order valence-electron chi connectivity index (χ1n) is 19.5. The molecular weight excluding hydrogens is 814 g/mol. The Morgan fingerprint density at radius 1 is 0.639 bits per heavy atom. The molecule has 61 heavy (non-hydrogen) atoms. The second kappa shape index (κ2) is 25.4. The van der Waals surface area contributed by atoms with Gasteiger partial charge in [-0.2, -0.15) is 0 Å². The van der Waals surface area contributed by atoms with Crippen molar-refractivity contribution in [2.75, 3.05) is 19.7 Å². The van der Waals surface area contributed by atoms with E-state index in [0.717, 1.165) is 11.8 Å². The number of nitrogens with zero attached hydrogens (tertiary/aromatic N) is 1. The molecule has 1 aliphatic heterocycles. The van der Waals surface area contributed by atoms with Crippen LogP contribution in [0.5, 0.6) is 0 Å². The van der Waals surface area contributed by atoms with Crippen LogP contribution in [0.25, 0.3) is 0 Å². The standard InChI is InChI=1S/C37H57N7O17/c1-7-8-21(31(54)36(59)38-14-27(50)51)40-34(57)24-13-20(61-16-28(52)53)15-44(24)37(60)30(18(4)5)43-35(58)29(17(2)3)42-33(56)23(10-12-26(48)49)41-32(55)22(39-19(6)45)9-11-25(46)47/h17-18,20-24,29-30H,7-16H2,1-6H3,(H,38,59)(H,39,45)(H,40,57)(H,41,55)(H,42,56)(H,43,58)(H,46,47)(H,48,49)(H,50,51)(H,52,53). The van der Waals surface area contributed by atoms with E-state index in [1.807, 2.05) is 5.32 Å². The van der Waals surface area contributed by atoms with Crippen molar-refractivity contribution in [1.29, 1.82) is 0 Å². The van der Waals surface area contributed by atoms with Gasteiger partial charge in [-0.15, -0.1) is 0 Å². The summed E-state index contributed by atoms with van der Waals surface area (Å²) >= 11 is 0. The molecule has 0 spiro atoms. The molecule has 0 aromatic rings. The third-order valence-electron chi connectivity index (χ3n) is 9.22. The number of aliphatic carboxylic acids is 4. The van der Waals surface area contributed by atoms with Crippen LogP contribution in [-0.2, 0) is 62.3 Å². The van der Waals surface area contributed by atoms with Gasteiger partial charge in [-0.05, 0) is 31.1 Å². The highest BCUT2D eigenvalue weighted by molar-refractivity contribution is 6.38. The van der Waals surface area contributed by atoms with Gasteiger partial charge >= 0.3 is 23.9 Å². The number of rotatable bonds is 27. The molecule has 1 fully saturated rings. The topological polar surface area (TPSA) is 370 Å². The first-order valence-corrected chi connectivity index (χ1v) is 19.5. The molecule has 1 aliphatic rings. The van der Waals surface area contributed by atoms with Crippen molar-refractivity contribution >= 4 is 71.0 Å². The summed E-state index contributed by atoms with van der Waals surface area (Å²) in [5.41, 5.74) is 0. The van der Waals surface area contributed by atoms with Gasteiger partial charge in [0.1, 0.15) is 43.4 Å². The number of likely N-dealkylation sites (tertiary alicyclic amines) is 1. The van der Waals surface area contributed by atoms with Crippen LogP contribution in [0.4, 0.5) is 0 Å². The van der Waals surface area contributed by atoms with E-state index in [1.54, 1.807) is 20.8 Å². The van der Waals surface area contributed by atoms with E-state index in [-0.39, 0.29) is 32.2 Å². The summed E-state index contributed by atoms with van der Waals surface area (Å²) in [5.74, 6) is -14.7. The molecule has 7 unspecified atom stereocenters. The number of ether oxygens (including phenoxy) is 1. The molecule has 0 aromatic carbocycles. The van der Waals surface area contributed by atoms with Crippen molar-refractivity contribution in [3.05, 3.63) is 0 Å². The van der Waals surface area contributed by atoms with Crippen molar-refractivity contribution < 1.29 is 82.7 Å². The number of carbonyl (C=O) groups is 12. The monoisotopic (exact) mass is 871 g/mol. The van der Waals surface area contributed by atoms with Crippen molar-refractivity contribution in [2.45, 2.75) is 129 Å². The van der Waals surface area contributed by atoms with Crippen LogP contribution in [0.15, 0.2) is 0 Å². The average Bonchev–Trinajstić information content (AvgIpc) is 3.60. The zero-order valence-electron chi connectivity index (χ0n) is 34.8. The Balaban J connectivity index is 3.43. The average molecular weight is 872 g/mol. The van der Waals surface area contributed by atoms with E-state index >= 15 is 0 Å². The predicted molar refractivity (Wildman–Crippen MR) is 207 cm³/mol. The van der Waals surface area contributed by atoms with Gasteiger partial charge in [-0.1, -0.05) is 41.0 Å². The molecule has 0 aromatic heterocycles. The number of ketones is 1. The van der Waals surface area contributed by atoms with Crippen LogP contribution in [0.3, 0.4) is 0 Å². The summed E-state index contributed by atoms with van der Waals surface area (Å²) in [6, 6.07) is -8.72. The number of amides is 7. The number of nitrogens with one attached hydrogen (secondary N) is 6. The SMILES string of the molecule is CCCC(NC(=O)C1CC(OCC(=O)O)CN1C(=O)C(NC(=O)C(NC(=O)C(CCC(=O)O)NC(=O)C(CCC(=O)O)NC(C)=O)C(C)C)C(C)C)C(=O)C(=O)NCC(=O)O. The Morgan fingerprint density at radius 3 is 1.64 bits per heavy atom.